The first-order valence-corrected chi connectivity index (χ1v) is 20.9. The van der Waals surface area contributed by atoms with Crippen LogP contribution in [0.2, 0.25) is 0 Å². The maximum absolute atomic E-state index is 14.7. The second kappa shape index (κ2) is 17.2. The number of piperidine rings is 1. The molecule has 0 aromatic heterocycles. The predicted molar refractivity (Wildman–Crippen MR) is 220 cm³/mol. The van der Waals surface area contributed by atoms with Crippen molar-refractivity contribution in [3.8, 4) is 11.1 Å². The lowest BCUT2D eigenvalue weighted by molar-refractivity contribution is -0.143. The molecule has 3 aromatic carbocycles. The van der Waals surface area contributed by atoms with Crippen LogP contribution in [-0.4, -0.2) is 102 Å². The first-order valence-electron chi connectivity index (χ1n) is 20.9. The van der Waals surface area contributed by atoms with Gasteiger partial charge in [0.25, 0.3) is 0 Å². The van der Waals surface area contributed by atoms with Crippen LogP contribution < -0.4 is 10.6 Å². The average Bonchev–Trinajstić information content (AvgIpc) is 3.84. The van der Waals surface area contributed by atoms with E-state index in [1.165, 1.54) is 17.5 Å². The molecule has 5 amide bonds. The molecule has 2 aliphatic heterocycles. The van der Waals surface area contributed by atoms with Crippen molar-refractivity contribution in [2.75, 3.05) is 33.3 Å². The Morgan fingerprint density at radius 2 is 1.43 bits per heavy atom. The third-order valence-electron chi connectivity index (χ3n) is 12.3. The molecule has 2 N–H and O–H groups in total. The van der Waals surface area contributed by atoms with E-state index in [2.05, 4.69) is 34.9 Å². The Hall–Kier alpha value is -5.39. The van der Waals surface area contributed by atoms with Crippen LogP contribution in [0.15, 0.2) is 72.8 Å². The van der Waals surface area contributed by atoms with E-state index in [0.29, 0.717) is 45.3 Å². The Morgan fingerprint density at radius 1 is 0.810 bits per heavy atom. The molecule has 0 spiro atoms. The SMILES string of the molecule is CC(C(=O)NC(C(=O)N1CCC[C@H]1C(=O)N[C@@H]1CCCc2ccccc21)C1CCN(C(=O)OC(C)(C)C)CC1)N(C)C(=O)OCC1c2ccccc2-c2ccccc21. The normalized spacial score (nSPS) is 20.2. The Labute approximate surface area is 341 Å². The lowest BCUT2D eigenvalue weighted by Gasteiger charge is -2.39. The van der Waals surface area contributed by atoms with Crippen molar-refractivity contribution in [1.29, 1.82) is 0 Å². The molecular weight excluding hydrogens is 735 g/mol. The van der Waals surface area contributed by atoms with Gasteiger partial charge in [0.1, 0.15) is 30.3 Å². The smallest absolute Gasteiger partial charge is 0.410 e. The van der Waals surface area contributed by atoms with Crippen LogP contribution in [0.25, 0.3) is 11.1 Å². The summed E-state index contributed by atoms with van der Waals surface area (Å²) in [7, 11) is 1.52. The van der Waals surface area contributed by atoms with Crippen LogP contribution in [0.5, 0.6) is 0 Å². The summed E-state index contributed by atoms with van der Waals surface area (Å²) in [5.74, 6) is -1.50. The molecule has 0 radical (unpaired) electrons. The number of fused-ring (bicyclic) bond motifs is 4. The minimum Gasteiger partial charge on any atom is -0.448 e. The molecule has 12 nitrogen and oxygen atoms in total. The van der Waals surface area contributed by atoms with Crippen LogP contribution in [0, 0.1) is 5.92 Å². The van der Waals surface area contributed by atoms with E-state index >= 15 is 0 Å². The van der Waals surface area contributed by atoms with Gasteiger partial charge in [-0.15, -0.1) is 0 Å². The number of rotatable bonds is 9. The number of nitrogens with one attached hydrogen (secondary N) is 2. The predicted octanol–water partition coefficient (Wildman–Crippen LogP) is 6.57. The van der Waals surface area contributed by atoms with Crippen molar-refractivity contribution in [2.24, 2.45) is 5.92 Å². The van der Waals surface area contributed by atoms with E-state index in [-0.39, 0.29) is 36.3 Å². The van der Waals surface area contributed by atoms with Crippen LogP contribution >= 0.6 is 0 Å². The van der Waals surface area contributed by atoms with E-state index in [4.69, 9.17) is 9.47 Å². The largest absolute Gasteiger partial charge is 0.448 e. The number of nitrogens with zero attached hydrogens (tertiary/aromatic N) is 3. The summed E-state index contributed by atoms with van der Waals surface area (Å²) < 4.78 is 11.5. The van der Waals surface area contributed by atoms with E-state index in [1.807, 2.05) is 69.3 Å². The topological polar surface area (TPSA) is 138 Å². The molecule has 58 heavy (non-hydrogen) atoms. The number of aryl methyl sites for hydroxylation is 1. The van der Waals surface area contributed by atoms with Crippen LogP contribution in [0.3, 0.4) is 0 Å². The summed E-state index contributed by atoms with van der Waals surface area (Å²) in [5, 5.41) is 6.26. The van der Waals surface area contributed by atoms with E-state index in [1.54, 1.807) is 16.7 Å². The summed E-state index contributed by atoms with van der Waals surface area (Å²) >= 11 is 0. The molecule has 2 heterocycles. The molecule has 2 unspecified atom stereocenters. The fourth-order valence-electron chi connectivity index (χ4n) is 9.08. The van der Waals surface area contributed by atoms with Crippen LogP contribution in [0.1, 0.15) is 100 Å². The van der Waals surface area contributed by atoms with Gasteiger partial charge in [0.05, 0.1) is 6.04 Å². The highest BCUT2D eigenvalue weighted by Gasteiger charge is 2.43. The van der Waals surface area contributed by atoms with Crippen molar-refractivity contribution in [2.45, 2.75) is 108 Å². The van der Waals surface area contributed by atoms with Gasteiger partial charge < -0.3 is 29.9 Å². The van der Waals surface area contributed by atoms with Crippen molar-refractivity contribution in [3.63, 3.8) is 0 Å². The van der Waals surface area contributed by atoms with Crippen molar-refractivity contribution in [3.05, 3.63) is 95.1 Å². The number of likely N-dealkylation sites (N-methyl/N-ethyl adjacent to an activating group) is 1. The lowest BCUT2D eigenvalue weighted by Crippen LogP contribution is -2.59. The molecule has 0 bridgehead atoms. The summed E-state index contributed by atoms with van der Waals surface area (Å²) in [6.45, 7) is 8.25. The van der Waals surface area contributed by atoms with Crippen LogP contribution in [0.4, 0.5) is 9.59 Å². The van der Waals surface area contributed by atoms with E-state index in [0.717, 1.165) is 47.1 Å². The van der Waals surface area contributed by atoms with Crippen molar-refractivity contribution in [1.82, 2.24) is 25.3 Å². The highest BCUT2D eigenvalue weighted by Crippen LogP contribution is 2.44. The summed E-state index contributed by atoms with van der Waals surface area (Å²) in [5.41, 5.74) is 6.10. The molecule has 2 fully saturated rings. The molecule has 2 saturated heterocycles. The molecule has 4 atom stereocenters. The highest BCUT2D eigenvalue weighted by molar-refractivity contribution is 5.94. The number of carbonyl (C=O) groups excluding carboxylic acids is 5. The number of hydrogen-bond donors (Lipinski definition) is 2. The zero-order valence-electron chi connectivity index (χ0n) is 34.4. The van der Waals surface area contributed by atoms with Gasteiger partial charge in [-0.05, 0) is 112 Å². The number of hydrogen-bond acceptors (Lipinski definition) is 7. The van der Waals surface area contributed by atoms with Gasteiger partial charge in [0, 0.05) is 32.6 Å². The fourth-order valence-corrected chi connectivity index (χ4v) is 9.08. The number of likely N-dealkylation sites (tertiary alicyclic amines) is 2. The molecular formula is C46H57N5O7. The first kappa shape index (κ1) is 40.8. The van der Waals surface area contributed by atoms with E-state index < -0.39 is 41.8 Å². The third-order valence-corrected chi connectivity index (χ3v) is 12.3. The van der Waals surface area contributed by atoms with Crippen LogP contribution in [-0.2, 0) is 30.3 Å². The summed E-state index contributed by atoms with van der Waals surface area (Å²) in [6, 6.07) is 21.6. The molecule has 2 aliphatic carbocycles. The Balaban J connectivity index is 1.04. The third kappa shape index (κ3) is 8.71. The maximum Gasteiger partial charge on any atom is 0.410 e. The molecule has 3 aromatic rings. The van der Waals surface area contributed by atoms with Gasteiger partial charge in [-0.3, -0.25) is 19.3 Å². The number of ether oxygens (including phenoxy) is 2. The zero-order valence-corrected chi connectivity index (χ0v) is 34.4. The Bertz CT molecular complexity index is 1980. The molecule has 12 heteroatoms. The Morgan fingerprint density at radius 3 is 2.09 bits per heavy atom. The van der Waals surface area contributed by atoms with Gasteiger partial charge >= 0.3 is 12.2 Å². The Kier molecular flexibility index (Phi) is 12.1. The monoisotopic (exact) mass is 791 g/mol. The second-order valence-electron chi connectivity index (χ2n) is 17.2. The summed E-state index contributed by atoms with van der Waals surface area (Å²) in [6.07, 6.45) is 3.75. The standard InChI is InChI=1S/C46H57N5O7/c1-29(49(5)44(55)57-28-37-35-19-10-8-17-33(35)34-18-9-11-20-36(34)37)41(52)48-40(31-23-26-50(27-24-31)45(56)58-46(2,3)4)43(54)51-25-13-22-39(51)42(53)47-38-21-12-15-30-14-6-7-16-32(30)38/h6-11,14,16-20,29,31,37-40H,12-13,15,21-28H2,1-5H3,(H,47,53)(H,48,52)/t29?,38-,39+,40?/m1/s1. The highest BCUT2D eigenvalue weighted by atomic mass is 16.6. The minimum atomic E-state index is -0.976. The zero-order chi connectivity index (χ0) is 41.1. The minimum absolute atomic E-state index is 0.105. The van der Waals surface area contributed by atoms with E-state index in [9.17, 15) is 24.0 Å². The number of benzene rings is 3. The molecule has 4 aliphatic rings. The molecule has 0 saturated carbocycles. The quantitative estimate of drug-likeness (QED) is 0.250. The van der Waals surface area contributed by atoms with Crippen molar-refractivity contribution < 1.29 is 33.4 Å². The molecule has 7 rings (SSSR count). The van der Waals surface area contributed by atoms with Crippen molar-refractivity contribution >= 4 is 29.9 Å². The fraction of sp³-hybridized carbons (Fsp3) is 0.500. The first-order chi connectivity index (χ1) is 27.8. The average molecular weight is 792 g/mol. The second-order valence-corrected chi connectivity index (χ2v) is 17.2. The summed E-state index contributed by atoms with van der Waals surface area (Å²) in [4.78, 5) is 73.7. The van der Waals surface area contributed by atoms with Gasteiger partial charge in [-0.1, -0.05) is 72.8 Å². The van der Waals surface area contributed by atoms with Gasteiger partial charge in [0.15, 0.2) is 0 Å². The van der Waals surface area contributed by atoms with Gasteiger partial charge in [-0.2, -0.15) is 0 Å². The number of amides is 5. The molecule has 308 valence electrons. The number of carbonyl (C=O) groups is 5. The lowest BCUT2D eigenvalue weighted by atomic mass is 9.87. The van der Waals surface area contributed by atoms with Gasteiger partial charge in [0.2, 0.25) is 17.7 Å². The van der Waals surface area contributed by atoms with Gasteiger partial charge in [-0.25, -0.2) is 9.59 Å². The maximum atomic E-state index is 14.7.